The van der Waals surface area contributed by atoms with Crippen LogP contribution in [-0.2, 0) is 0 Å². The summed E-state index contributed by atoms with van der Waals surface area (Å²) in [4.78, 5) is 0. The van der Waals surface area contributed by atoms with Gasteiger partial charge in [0.25, 0.3) is 0 Å². The zero-order valence-corrected chi connectivity index (χ0v) is 12.2. The van der Waals surface area contributed by atoms with Crippen molar-refractivity contribution in [2.24, 2.45) is 17.8 Å². The molecule has 0 aromatic heterocycles. The second-order valence-electron chi connectivity index (χ2n) is 5.32. The van der Waals surface area contributed by atoms with Gasteiger partial charge < -0.3 is 0 Å². The Labute approximate surface area is 104 Å². The Balaban J connectivity index is 4.47. The molecule has 0 heterocycles. The quantitative estimate of drug-likeness (QED) is 0.432. The number of hydrogen-bond acceptors (Lipinski definition) is 0. The van der Waals surface area contributed by atoms with Gasteiger partial charge in [-0.05, 0) is 30.6 Å². The van der Waals surface area contributed by atoms with Crippen molar-refractivity contribution in [1.82, 2.24) is 0 Å². The molecular formula is C16H32. The predicted molar refractivity (Wildman–Crippen MR) is 75.7 cm³/mol. The third-order valence-corrected chi connectivity index (χ3v) is 4.03. The summed E-state index contributed by atoms with van der Waals surface area (Å²) in [7, 11) is 0. The highest BCUT2D eigenvalue weighted by Crippen LogP contribution is 2.33. The average molecular weight is 224 g/mol. The summed E-state index contributed by atoms with van der Waals surface area (Å²) in [6.07, 6.45) is 7.80. The first kappa shape index (κ1) is 15.7. The van der Waals surface area contributed by atoms with E-state index >= 15 is 0 Å². The zero-order chi connectivity index (χ0) is 12.6. The monoisotopic (exact) mass is 224 g/mol. The molecule has 0 aliphatic rings. The molecule has 0 bridgehead atoms. The summed E-state index contributed by atoms with van der Waals surface area (Å²) >= 11 is 0. The fourth-order valence-electron chi connectivity index (χ4n) is 2.86. The Kier molecular flexibility index (Phi) is 8.70. The lowest BCUT2D eigenvalue weighted by atomic mass is 9.76. The first-order valence-corrected chi connectivity index (χ1v) is 7.28. The summed E-state index contributed by atoms with van der Waals surface area (Å²) in [6.45, 7) is 15.9. The van der Waals surface area contributed by atoms with Gasteiger partial charge in [0.15, 0.2) is 0 Å². The van der Waals surface area contributed by atoms with Crippen molar-refractivity contribution in [2.45, 2.75) is 73.1 Å². The molecule has 96 valence electrons. The molecule has 0 amide bonds. The topological polar surface area (TPSA) is 0 Å². The van der Waals surface area contributed by atoms with Crippen LogP contribution in [0.25, 0.3) is 0 Å². The highest BCUT2D eigenvalue weighted by molar-refractivity contribution is 5.02. The molecule has 2 atom stereocenters. The molecule has 0 saturated heterocycles. The SMILES string of the molecule is C=C(CC)C(CC(C)CCC)C(CC)CC. The number of rotatable bonds is 9. The fourth-order valence-corrected chi connectivity index (χ4v) is 2.86. The molecule has 0 heteroatoms. The van der Waals surface area contributed by atoms with E-state index in [0.717, 1.165) is 24.2 Å². The minimum absolute atomic E-state index is 0.765. The highest BCUT2D eigenvalue weighted by atomic mass is 14.3. The van der Waals surface area contributed by atoms with Crippen LogP contribution in [-0.4, -0.2) is 0 Å². The van der Waals surface area contributed by atoms with Crippen LogP contribution < -0.4 is 0 Å². The minimum atomic E-state index is 0.765. The summed E-state index contributed by atoms with van der Waals surface area (Å²) < 4.78 is 0. The summed E-state index contributed by atoms with van der Waals surface area (Å²) in [6, 6.07) is 0. The molecule has 0 saturated carbocycles. The molecule has 0 aliphatic carbocycles. The van der Waals surface area contributed by atoms with Crippen LogP contribution in [0.15, 0.2) is 12.2 Å². The maximum absolute atomic E-state index is 4.30. The Morgan fingerprint density at radius 1 is 1.06 bits per heavy atom. The van der Waals surface area contributed by atoms with Crippen molar-refractivity contribution in [2.75, 3.05) is 0 Å². The van der Waals surface area contributed by atoms with Crippen LogP contribution in [0.3, 0.4) is 0 Å². The highest BCUT2D eigenvalue weighted by Gasteiger charge is 2.22. The van der Waals surface area contributed by atoms with Gasteiger partial charge in [-0.3, -0.25) is 0 Å². The van der Waals surface area contributed by atoms with E-state index in [0.29, 0.717) is 0 Å². The first-order chi connectivity index (χ1) is 7.60. The van der Waals surface area contributed by atoms with Crippen LogP contribution in [0.4, 0.5) is 0 Å². The molecule has 0 rings (SSSR count). The van der Waals surface area contributed by atoms with E-state index in [1.807, 2.05) is 0 Å². The molecule has 0 nitrogen and oxygen atoms in total. The van der Waals surface area contributed by atoms with Gasteiger partial charge in [-0.25, -0.2) is 0 Å². The van der Waals surface area contributed by atoms with E-state index in [1.165, 1.54) is 37.7 Å². The van der Waals surface area contributed by atoms with Gasteiger partial charge in [0, 0.05) is 0 Å². The van der Waals surface area contributed by atoms with Gasteiger partial charge in [0.05, 0.1) is 0 Å². The van der Waals surface area contributed by atoms with Gasteiger partial charge >= 0.3 is 0 Å². The van der Waals surface area contributed by atoms with Crippen LogP contribution in [0.1, 0.15) is 73.1 Å². The van der Waals surface area contributed by atoms with Crippen molar-refractivity contribution in [3.05, 3.63) is 12.2 Å². The van der Waals surface area contributed by atoms with E-state index in [1.54, 1.807) is 0 Å². The van der Waals surface area contributed by atoms with Gasteiger partial charge in [-0.2, -0.15) is 0 Å². The molecule has 0 fully saturated rings. The minimum Gasteiger partial charge on any atom is -0.0996 e. The second kappa shape index (κ2) is 8.84. The van der Waals surface area contributed by atoms with Gasteiger partial charge in [-0.15, -0.1) is 0 Å². The lowest BCUT2D eigenvalue weighted by Gasteiger charge is -2.29. The normalized spacial score (nSPS) is 15.1. The second-order valence-corrected chi connectivity index (χ2v) is 5.32. The van der Waals surface area contributed by atoms with Crippen molar-refractivity contribution < 1.29 is 0 Å². The predicted octanol–water partition coefficient (Wildman–Crippen LogP) is 5.83. The van der Waals surface area contributed by atoms with Crippen molar-refractivity contribution in [3.8, 4) is 0 Å². The number of hydrogen-bond donors (Lipinski definition) is 0. The Bertz CT molecular complexity index is 176. The zero-order valence-electron chi connectivity index (χ0n) is 12.2. The van der Waals surface area contributed by atoms with E-state index in [4.69, 9.17) is 0 Å². The van der Waals surface area contributed by atoms with Crippen LogP contribution in [0.2, 0.25) is 0 Å². The Morgan fingerprint density at radius 2 is 1.62 bits per heavy atom. The molecule has 0 aliphatic heterocycles. The Morgan fingerprint density at radius 3 is 2.00 bits per heavy atom. The molecule has 16 heavy (non-hydrogen) atoms. The van der Waals surface area contributed by atoms with Crippen LogP contribution in [0.5, 0.6) is 0 Å². The Hall–Kier alpha value is -0.260. The smallest absolute Gasteiger partial charge is 0.0175 e. The molecule has 2 unspecified atom stereocenters. The molecule has 0 aromatic carbocycles. The lowest BCUT2D eigenvalue weighted by molar-refractivity contribution is 0.286. The summed E-state index contributed by atoms with van der Waals surface area (Å²) in [5.74, 6) is 2.48. The molecule has 0 N–H and O–H groups in total. The van der Waals surface area contributed by atoms with E-state index in [9.17, 15) is 0 Å². The van der Waals surface area contributed by atoms with E-state index < -0.39 is 0 Å². The van der Waals surface area contributed by atoms with Crippen molar-refractivity contribution >= 4 is 0 Å². The van der Waals surface area contributed by atoms with Gasteiger partial charge in [-0.1, -0.05) is 72.5 Å². The van der Waals surface area contributed by atoms with Crippen molar-refractivity contribution in [1.29, 1.82) is 0 Å². The maximum Gasteiger partial charge on any atom is -0.0175 e. The van der Waals surface area contributed by atoms with E-state index in [-0.39, 0.29) is 0 Å². The standard InChI is InChI=1S/C16H32/c1-7-11-13(5)12-16(14(6)8-2)15(9-3)10-4/h13,15-16H,6-12H2,1-5H3. The molecule has 0 radical (unpaired) electrons. The van der Waals surface area contributed by atoms with Crippen molar-refractivity contribution in [3.63, 3.8) is 0 Å². The average Bonchev–Trinajstić information content (AvgIpc) is 2.28. The largest absolute Gasteiger partial charge is 0.0996 e. The lowest BCUT2D eigenvalue weighted by Crippen LogP contribution is -2.18. The molecular weight excluding hydrogens is 192 g/mol. The van der Waals surface area contributed by atoms with E-state index in [2.05, 4.69) is 41.2 Å². The number of allylic oxidation sites excluding steroid dienone is 1. The van der Waals surface area contributed by atoms with Crippen LogP contribution in [0, 0.1) is 17.8 Å². The first-order valence-electron chi connectivity index (χ1n) is 7.28. The van der Waals surface area contributed by atoms with Crippen LogP contribution >= 0.6 is 0 Å². The summed E-state index contributed by atoms with van der Waals surface area (Å²) in [5, 5.41) is 0. The van der Waals surface area contributed by atoms with Gasteiger partial charge in [0.1, 0.15) is 0 Å². The summed E-state index contributed by atoms with van der Waals surface area (Å²) in [5.41, 5.74) is 1.48. The molecule has 0 aromatic rings. The van der Waals surface area contributed by atoms with Gasteiger partial charge in [0.2, 0.25) is 0 Å². The third-order valence-electron chi connectivity index (χ3n) is 4.03. The fraction of sp³-hybridized carbons (Fsp3) is 0.875. The molecule has 0 spiro atoms. The third kappa shape index (κ3) is 5.18. The maximum atomic E-state index is 4.30.